The minimum Gasteiger partial charge on any atom is -0.391 e. The van der Waals surface area contributed by atoms with Gasteiger partial charge in [0.15, 0.2) is 5.78 Å². The van der Waals surface area contributed by atoms with Crippen LogP contribution in [0.2, 0.25) is 0 Å². The molecule has 1 heterocycles. The molecule has 0 bridgehead atoms. The molecular weight excluding hydrogens is 154 g/mol. The number of aliphatic hydroxyl groups excluding tert-OH is 1. The lowest BCUT2D eigenvalue weighted by Crippen LogP contribution is -2.44. The second-order valence-electron chi connectivity index (χ2n) is 4.40. The number of carbonyl (C=O) groups is 1. The van der Waals surface area contributed by atoms with Crippen molar-refractivity contribution >= 4 is 5.78 Å². The van der Waals surface area contributed by atoms with Crippen molar-refractivity contribution in [2.45, 2.75) is 39.3 Å². The van der Waals surface area contributed by atoms with Crippen LogP contribution in [0.3, 0.4) is 0 Å². The molecular formula is C9H17NO2. The van der Waals surface area contributed by atoms with E-state index < -0.39 is 6.10 Å². The van der Waals surface area contributed by atoms with Gasteiger partial charge in [0.2, 0.25) is 0 Å². The highest BCUT2D eigenvalue weighted by molar-refractivity contribution is 5.89. The molecule has 0 aromatic rings. The summed E-state index contributed by atoms with van der Waals surface area (Å²) in [6, 6.07) is -0.343. The summed E-state index contributed by atoms with van der Waals surface area (Å²) in [6.07, 6.45) is 0.198. The Balaban J connectivity index is 2.64. The molecule has 2 N–H and O–H groups in total. The molecule has 3 heteroatoms. The molecule has 1 aliphatic heterocycles. The molecule has 12 heavy (non-hydrogen) atoms. The fourth-order valence-electron chi connectivity index (χ4n) is 1.42. The fraction of sp³-hybridized carbons (Fsp3) is 0.889. The number of hydrogen-bond acceptors (Lipinski definition) is 3. The van der Waals surface area contributed by atoms with Gasteiger partial charge in [0.25, 0.3) is 0 Å². The Bertz CT molecular complexity index is 183. The molecule has 70 valence electrons. The predicted molar refractivity (Wildman–Crippen MR) is 46.9 cm³/mol. The van der Waals surface area contributed by atoms with Crippen molar-refractivity contribution in [1.82, 2.24) is 5.32 Å². The van der Waals surface area contributed by atoms with E-state index in [1.54, 1.807) is 0 Å². The summed E-state index contributed by atoms with van der Waals surface area (Å²) in [6.45, 7) is 6.37. The molecule has 0 radical (unpaired) electrons. The number of rotatable bonds is 1. The zero-order valence-electron chi connectivity index (χ0n) is 7.92. The fourth-order valence-corrected chi connectivity index (χ4v) is 1.42. The second-order valence-corrected chi connectivity index (χ2v) is 4.40. The summed E-state index contributed by atoms with van der Waals surface area (Å²) in [5.74, 6) is 0.104. The Hall–Kier alpha value is -0.410. The van der Waals surface area contributed by atoms with Gasteiger partial charge in [-0.2, -0.15) is 0 Å². The van der Waals surface area contributed by atoms with Gasteiger partial charge in [-0.05, 0) is 13.0 Å². The summed E-state index contributed by atoms with van der Waals surface area (Å²) in [5, 5.41) is 12.5. The first-order chi connectivity index (χ1) is 5.43. The van der Waals surface area contributed by atoms with E-state index in [1.807, 2.05) is 20.8 Å². The van der Waals surface area contributed by atoms with Gasteiger partial charge in [-0.1, -0.05) is 20.8 Å². The topological polar surface area (TPSA) is 49.3 Å². The molecule has 0 aliphatic carbocycles. The van der Waals surface area contributed by atoms with Crippen LogP contribution < -0.4 is 5.32 Å². The standard InChI is InChI=1S/C9H17NO2/c1-9(2,3)8(12)7-6(11)4-5-10-7/h6-7,10-11H,4-5H2,1-3H3. The number of Topliss-reactive ketones (excluding diaryl/α,β-unsaturated/α-hetero) is 1. The zero-order chi connectivity index (χ0) is 9.35. The third kappa shape index (κ3) is 1.84. The normalized spacial score (nSPS) is 30.7. The molecule has 1 fully saturated rings. The lowest BCUT2D eigenvalue weighted by molar-refractivity contribution is -0.130. The number of carbonyl (C=O) groups excluding carboxylic acids is 1. The van der Waals surface area contributed by atoms with Gasteiger partial charge in [-0.15, -0.1) is 0 Å². The van der Waals surface area contributed by atoms with Crippen molar-refractivity contribution in [1.29, 1.82) is 0 Å². The maximum absolute atomic E-state index is 11.7. The monoisotopic (exact) mass is 171 g/mol. The van der Waals surface area contributed by atoms with Crippen LogP contribution >= 0.6 is 0 Å². The SMILES string of the molecule is CC(C)(C)C(=O)C1NCCC1O. The van der Waals surface area contributed by atoms with Crippen molar-refractivity contribution in [3.63, 3.8) is 0 Å². The van der Waals surface area contributed by atoms with Crippen LogP contribution in [0.15, 0.2) is 0 Å². The number of hydrogen-bond donors (Lipinski definition) is 2. The summed E-state index contributed by atoms with van der Waals surface area (Å²) in [4.78, 5) is 11.7. The Kier molecular flexibility index (Phi) is 2.54. The Labute approximate surface area is 73.2 Å². The highest BCUT2D eigenvalue weighted by Gasteiger charge is 2.36. The van der Waals surface area contributed by atoms with Gasteiger partial charge in [-0.3, -0.25) is 4.79 Å². The van der Waals surface area contributed by atoms with E-state index in [1.165, 1.54) is 0 Å². The molecule has 0 aromatic carbocycles. The third-order valence-electron chi connectivity index (χ3n) is 2.21. The third-order valence-corrected chi connectivity index (χ3v) is 2.21. The lowest BCUT2D eigenvalue weighted by Gasteiger charge is -2.23. The van der Waals surface area contributed by atoms with E-state index in [0.29, 0.717) is 6.42 Å². The predicted octanol–water partition coefficient (Wildman–Crippen LogP) is 0.324. The smallest absolute Gasteiger partial charge is 0.157 e. The van der Waals surface area contributed by atoms with Gasteiger partial charge < -0.3 is 10.4 Å². The maximum Gasteiger partial charge on any atom is 0.157 e. The first-order valence-electron chi connectivity index (χ1n) is 4.38. The minimum absolute atomic E-state index is 0.104. The van der Waals surface area contributed by atoms with Crippen LogP contribution in [0, 0.1) is 5.41 Å². The van der Waals surface area contributed by atoms with Crippen LogP contribution in [-0.2, 0) is 4.79 Å². The van der Waals surface area contributed by atoms with E-state index in [2.05, 4.69) is 5.32 Å². The van der Waals surface area contributed by atoms with Crippen LogP contribution in [0.5, 0.6) is 0 Å². The molecule has 0 saturated carbocycles. The van der Waals surface area contributed by atoms with Crippen molar-refractivity contribution in [2.75, 3.05) is 6.54 Å². The molecule has 1 saturated heterocycles. The highest BCUT2D eigenvalue weighted by atomic mass is 16.3. The van der Waals surface area contributed by atoms with E-state index in [4.69, 9.17) is 0 Å². The quantitative estimate of drug-likeness (QED) is 0.597. The highest BCUT2D eigenvalue weighted by Crippen LogP contribution is 2.21. The molecule has 2 atom stereocenters. The second kappa shape index (κ2) is 3.15. The van der Waals surface area contributed by atoms with Crippen LogP contribution in [0.1, 0.15) is 27.2 Å². The average molecular weight is 171 g/mol. The summed E-state index contributed by atoms with van der Waals surface area (Å²) >= 11 is 0. The summed E-state index contributed by atoms with van der Waals surface area (Å²) in [5.41, 5.74) is -0.358. The summed E-state index contributed by atoms with van der Waals surface area (Å²) in [7, 11) is 0. The summed E-state index contributed by atoms with van der Waals surface area (Å²) < 4.78 is 0. The van der Waals surface area contributed by atoms with E-state index >= 15 is 0 Å². The van der Waals surface area contributed by atoms with Gasteiger partial charge in [0.05, 0.1) is 12.1 Å². The molecule has 0 aromatic heterocycles. The van der Waals surface area contributed by atoms with Gasteiger partial charge in [0.1, 0.15) is 0 Å². The van der Waals surface area contributed by atoms with Crippen molar-refractivity contribution < 1.29 is 9.90 Å². The van der Waals surface area contributed by atoms with E-state index in [-0.39, 0.29) is 17.2 Å². The largest absolute Gasteiger partial charge is 0.391 e. The van der Waals surface area contributed by atoms with Crippen molar-refractivity contribution in [3.05, 3.63) is 0 Å². The first kappa shape index (κ1) is 9.68. The van der Waals surface area contributed by atoms with Crippen molar-refractivity contribution in [2.24, 2.45) is 5.41 Å². The van der Waals surface area contributed by atoms with E-state index in [0.717, 1.165) is 6.54 Å². The molecule has 0 amide bonds. The van der Waals surface area contributed by atoms with Crippen molar-refractivity contribution in [3.8, 4) is 0 Å². The van der Waals surface area contributed by atoms with Crippen LogP contribution in [0.25, 0.3) is 0 Å². The molecule has 1 rings (SSSR count). The molecule has 1 aliphatic rings. The van der Waals surface area contributed by atoms with Gasteiger partial charge in [-0.25, -0.2) is 0 Å². The maximum atomic E-state index is 11.7. The Morgan fingerprint density at radius 2 is 2.08 bits per heavy atom. The van der Waals surface area contributed by atoms with Crippen LogP contribution in [0.4, 0.5) is 0 Å². The number of aliphatic hydroxyl groups is 1. The minimum atomic E-state index is -0.489. The van der Waals surface area contributed by atoms with Gasteiger partial charge in [0, 0.05) is 5.41 Å². The Morgan fingerprint density at radius 3 is 2.42 bits per heavy atom. The first-order valence-corrected chi connectivity index (χ1v) is 4.38. The molecule has 0 spiro atoms. The number of ketones is 1. The lowest BCUT2D eigenvalue weighted by atomic mass is 9.85. The van der Waals surface area contributed by atoms with Crippen LogP contribution in [-0.4, -0.2) is 29.6 Å². The zero-order valence-corrected chi connectivity index (χ0v) is 7.92. The average Bonchev–Trinajstić information content (AvgIpc) is 2.31. The van der Waals surface area contributed by atoms with E-state index in [9.17, 15) is 9.90 Å². The number of nitrogens with one attached hydrogen (secondary N) is 1. The van der Waals surface area contributed by atoms with Gasteiger partial charge >= 0.3 is 0 Å². The molecule has 2 unspecified atom stereocenters. The molecule has 3 nitrogen and oxygen atoms in total. The Morgan fingerprint density at radius 1 is 1.50 bits per heavy atom.